The van der Waals surface area contributed by atoms with Crippen LogP contribution in [0.15, 0.2) is 48.5 Å². The zero-order valence-electron chi connectivity index (χ0n) is 21.6. The fraction of sp³-hybridized carbons (Fsp3) is 0.464. The van der Waals surface area contributed by atoms with Gasteiger partial charge >= 0.3 is 0 Å². The van der Waals surface area contributed by atoms with Crippen molar-refractivity contribution < 1.29 is 24.3 Å². The van der Waals surface area contributed by atoms with Crippen LogP contribution in [0.25, 0.3) is 0 Å². The molecule has 0 spiro atoms. The number of halogens is 1. The molecule has 2 aromatic carbocycles. The number of aliphatic hydroxyl groups is 1. The minimum atomic E-state index is -1.23. The molecule has 9 heteroatoms. The summed E-state index contributed by atoms with van der Waals surface area (Å²) in [5.74, 6) is -1.01. The second-order valence-corrected chi connectivity index (χ2v) is 10.2. The number of benzene rings is 2. The van der Waals surface area contributed by atoms with Crippen LogP contribution in [0.4, 0.5) is 0 Å². The van der Waals surface area contributed by atoms with Gasteiger partial charge < -0.3 is 10.0 Å². The van der Waals surface area contributed by atoms with E-state index in [1.54, 1.807) is 42.2 Å². The Kier molecular flexibility index (Phi) is 7.92. The van der Waals surface area contributed by atoms with Gasteiger partial charge in [-0.25, -0.2) is 5.48 Å². The van der Waals surface area contributed by atoms with Crippen molar-refractivity contribution in [3.8, 4) is 0 Å². The number of likely N-dealkylation sites (tertiary alicyclic amines) is 1. The summed E-state index contributed by atoms with van der Waals surface area (Å²) in [7, 11) is 1.39. The molecule has 37 heavy (non-hydrogen) atoms. The first-order chi connectivity index (χ1) is 17.7. The summed E-state index contributed by atoms with van der Waals surface area (Å²) in [5, 5.41) is 11.6. The molecule has 3 amide bonds. The largest absolute Gasteiger partial charge is 0.369 e. The molecule has 0 bridgehead atoms. The summed E-state index contributed by atoms with van der Waals surface area (Å²) < 4.78 is 0. The average molecular weight is 528 g/mol. The number of nitrogens with zero attached hydrogens (tertiary/aromatic N) is 2. The number of fused-ring (bicyclic) bond motifs is 1. The fourth-order valence-electron chi connectivity index (χ4n) is 6.13. The monoisotopic (exact) mass is 527 g/mol. The van der Waals surface area contributed by atoms with E-state index in [9.17, 15) is 19.5 Å². The lowest BCUT2D eigenvalue weighted by atomic mass is 9.73. The fourth-order valence-corrected chi connectivity index (χ4v) is 6.33. The van der Waals surface area contributed by atoms with Gasteiger partial charge in [-0.1, -0.05) is 55.8 Å². The van der Waals surface area contributed by atoms with Gasteiger partial charge in [0.1, 0.15) is 6.04 Å². The van der Waals surface area contributed by atoms with Gasteiger partial charge in [0.2, 0.25) is 5.91 Å². The number of hydrogen-bond acceptors (Lipinski definition) is 5. The third kappa shape index (κ3) is 4.51. The van der Waals surface area contributed by atoms with Crippen molar-refractivity contribution in [1.82, 2.24) is 15.3 Å². The van der Waals surface area contributed by atoms with Crippen molar-refractivity contribution in [3.63, 3.8) is 0 Å². The Balaban J connectivity index is 1.76. The molecule has 4 atom stereocenters. The summed E-state index contributed by atoms with van der Waals surface area (Å²) in [6.45, 7) is 5.50. The third-order valence-corrected chi connectivity index (χ3v) is 8.40. The first-order valence-electron chi connectivity index (χ1n) is 12.7. The molecule has 1 saturated heterocycles. The van der Waals surface area contributed by atoms with Crippen LogP contribution in [0.5, 0.6) is 0 Å². The molecule has 0 saturated carbocycles. The second kappa shape index (κ2) is 10.8. The highest BCUT2D eigenvalue weighted by Crippen LogP contribution is 2.48. The van der Waals surface area contributed by atoms with Crippen molar-refractivity contribution >= 4 is 29.3 Å². The highest BCUT2D eigenvalue weighted by molar-refractivity contribution is 6.30. The van der Waals surface area contributed by atoms with E-state index in [1.165, 1.54) is 12.0 Å². The van der Waals surface area contributed by atoms with E-state index in [2.05, 4.69) is 5.48 Å². The highest BCUT2D eigenvalue weighted by Gasteiger charge is 2.54. The van der Waals surface area contributed by atoms with Gasteiger partial charge in [0.05, 0.1) is 18.6 Å². The van der Waals surface area contributed by atoms with Crippen molar-refractivity contribution in [2.75, 3.05) is 7.11 Å². The van der Waals surface area contributed by atoms with Crippen molar-refractivity contribution in [2.45, 2.75) is 70.8 Å². The molecule has 0 aliphatic carbocycles. The first-order valence-corrected chi connectivity index (χ1v) is 13.1. The predicted molar refractivity (Wildman–Crippen MR) is 139 cm³/mol. The number of hydrogen-bond donors (Lipinski definition) is 2. The number of rotatable bonds is 8. The molecule has 1 fully saturated rings. The standard InChI is InChI=1S/C28H34ClN3O5/c1-5-28(6-2,27(36)30-37-4)23-15-14-22(18-10-9-11-19(29)16-18)32(23)24(33)17(3)31-25(34)20-12-7-8-13-21(20)26(31)35/h7-13,16-17,22-23,25,34H,5-6,14-15H2,1-4H3,(H,30,36)/t17-,22+,23-,25?/m1/s1. The van der Waals surface area contributed by atoms with Crippen LogP contribution in [0, 0.1) is 5.41 Å². The summed E-state index contributed by atoms with van der Waals surface area (Å²) >= 11 is 6.31. The van der Waals surface area contributed by atoms with Crippen LogP contribution in [0.3, 0.4) is 0 Å². The van der Waals surface area contributed by atoms with Gasteiger partial charge in [-0.05, 0) is 56.4 Å². The molecule has 1 unspecified atom stereocenters. The number of amides is 3. The molecule has 4 rings (SSSR count). The van der Waals surface area contributed by atoms with Gasteiger partial charge in [0.25, 0.3) is 11.8 Å². The highest BCUT2D eigenvalue weighted by atomic mass is 35.5. The predicted octanol–water partition coefficient (Wildman–Crippen LogP) is 4.39. The molecule has 2 heterocycles. The molecule has 8 nitrogen and oxygen atoms in total. The summed E-state index contributed by atoms with van der Waals surface area (Å²) in [4.78, 5) is 48.9. The Morgan fingerprint density at radius 3 is 2.49 bits per heavy atom. The van der Waals surface area contributed by atoms with Crippen LogP contribution < -0.4 is 5.48 Å². The molecular weight excluding hydrogens is 494 g/mol. The molecule has 2 N–H and O–H groups in total. The minimum Gasteiger partial charge on any atom is -0.369 e. The summed E-state index contributed by atoms with van der Waals surface area (Å²) in [6, 6.07) is 12.4. The number of hydroxylamine groups is 1. The molecule has 2 aliphatic heterocycles. The Hall–Kier alpha value is -2.94. The van der Waals surface area contributed by atoms with Crippen LogP contribution in [0.2, 0.25) is 5.02 Å². The lowest BCUT2D eigenvalue weighted by molar-refractivity contribution is -0.154. The average Bonchev–Trinajstić information content (AvgIpc) is 3.44. The van der Waals surface area contributed by atoms with Crippen LogP contribution >= 0.6 is 11.6 Å². The SMILES string of the molecule is CCC(CC)(C(=O)NOC)[C@H]1CC[C@@H](c2cccc(Cl)c2)N1C(=O)[C@@H](C)N1C(=O)c2ccccc2C1O. The Labute approximate surface area is 222 Å². The Bertz CT molecular complexity index is 1180. The third-order valence-electron chi connectivity index (χ3n) is 8.16. The van der Waals surface area contributed by atoms with E-state index in [0.29, 0.717) is 41.8 Å². The van der Waals surface area contributed by atoms with Gasteiger partial charge in [0.15, 0.2) is 6.23 Å². The second-order valence-electron chi connectivity index (χ2n) is 9.76. The minimum absolute atomic E-state index is 0.285. The van der Waals surface area contributed by atoms with Gasteiger partial charge in [-0.15, -0.1) is 0 Å². The summed E-state index contributed by atoms with van der Waals surface area (Å²) in [6.07, 6.45) is 0.959. The maximum Gasteiger partial charge on any atom is 0.257 e. The van der Waals surface area contributed by atoms with E-state index in [4.69, 9.17) is 16.4 Å². The van der Waals surface area contributed by atoms with Crippen molar-refractivity contribution in [2.24, 2.45) is 5.41 Å². The van der Waals surface area contributed by atoms with E-state index in [-0.39, 0.29) is 17.9 Å². The van der Waals surface area contributed by atoms with Crippen LogP contribution in [0.1, 0.15) is 80.2 Å². The smallest absolute Gasteiger partial charge is 0.257 e. The number of carbonyl (C=O) groups excluding carboxylic acids is 3. The zero-order valence-corrected chi connectivity index (χ0v) is 22.4. The number of nitrogens with one attached hydrogen (secondary N) is 1. The topological polar surface area (TPSA) is 99.2 Å². The number of aliphatic hydroxyl groups excluding tert-OH is 1. The Morgan fingerprint density at radius 1 is 1.16 bits per heavy atom. The molecule has 198 valence electrons. The lowest BCUT2D eigenvalue weighted by Crippen LogP contribution is -2.58. The summed E-state index contributed by atoms with van der Waals surface area (Å²) in [5.41, 5.74) is 3.31. The van der Waals surface area contributed by atoms with Gasteiger partial charge in [-0.2, -0.15) is 0 Å². The molecule has 2 aromatic rings. The van der Waals surface area contributed by atoms with Gasteiger partial charge in [-0.3, -0.25) is 24.1 Å². The molecule has 2 aliphatic rings. The maximum atomic E-state index is 14.3. The van der Waals surface area contributed by atoms with E-state index in [0.717, 1.165) is 5.56 Å². The Morgan fingerprint density at radius 2 is 1.86 bits per heavy atom. The van der Waals surface area contributed by atoms with Crippen LogP contribution in [-0.4, -0.2) is 51.8 Å². The zero-order chi connectivity index (χ0) is 26.9. The lowest BCUT2D eigenvalue weighted by Gasteiger charge is -2.44. The van der Waals surface area contributed by atoms with E-state index >= 15 is 0 Å². The molecular formula is C28H34ClN3O5. The van der Waals surface area contributed by atoms with E-state index in [1.807, 2.05) is 32.0 Å². The molecule has 0 aromatic heterocycles. The maximum absolute atomic E-state index is 14.3. The van der Waals surface area contributed by atoms with Crippen LogP contribution in [-0.2, 0) is 14.4 Å². The first kappa shape index (κ1) is 27.1. The van der Waals surface area contributed by atoms with Crippen molar-refractivity contribution in [3.05, 3.63) is 70.2 Å². The van der Waals surface area contributed by atoms with Gasteiger partial charge in [0, 0.05) is 22.2 Å². The number of carbonyl (C=O) groups is 3. The quantitative estimate of drug-likeness (QED) is 0.496. The van der Waals surface area contributed by atoms with Crippen molar-refractivity contribution in [1.29, 1.82) is 0 Å². The molecule has 0 radical (unpaired) electrons. The normalized spacial score (nSPS) is 22.2. The van der Waals surface area contributed by atoms with E-state index < -0.39 is 29.6 Å².